The van der Waals surface area contributed by atoms with Crippen molar-refractivity contribution in [2.75, 3.05) is 13.1 Å². The van der Waals surface area contributed by atoms with E-state index in [1.165, 1.54) is 29.4 Å². The number of halogens is 1. The van der Waals surface area contributed by atoms with Gasteiger partial charge < -0.3 is 16.0 Å². The topological polar surface area (TPSA) is 126 Å². The molecule has 1 aromatic carbocycles. The largest absolute Gasteiger partial charge is 0.350 e. The van der Waals surface area contributed by atoms with E-state index in [-0.39, 0.29) is 30.1 Å². The number of carbonyl (C=O) groups excluding carboxylic acids is 2. The van der Waals surface area contributed by atoms with E-state index >= 15 is 0 Å². The molecule has 2 amide bonds. The van der Waals surface area contributed by atoms with Crippen LogP contribution in [0.4, 0.5) is 4.39 Å². The minimum absolute atomic E-state index is 0.0369. The molecule has 1 saturated carbocycles. The quantitative estimate of drug-likeness (QED) is 0.667. The van der Waals surface area contributed by atoms with Crippen molar-refractivity contribution in [3.63, 3.8) is 0 Å². The molecule has 1 aromatic heterocycles. The molecule has 11 heteroatoms. The summed E-state index contributed by atoms with van der Waals surface area (Å²) in [5, 5.41) is 2.91. The second-order valence-corrected chi connectivity index (χ2v) is 10.2. The van der Waals surface area contributed by atoms with Crippen molar-refractivity contribution in [1.82, 2.24) is 19.5 Å². The third-order valence-electron chi connectivity index (χ3n) is 6.09. The SMILES string of the molecule is NC1CCC(NC(=O)C2N(C(=O)c3ccncc3)CCN2S(=O)(=O)c2ccc(F)cc2)CC1. The fourth-order valence-corrected chi connectivity index (χ4v) is 5.83. The third-order valence-corrected chi connectivity index (χ3v) is 7.96. The normalized spacial score (nSPS) is 23.9. The van der Waals surface area contributed by atoms with E-state index < -0.39 is 33.8 Å². The Kier molecular flexibility index (Phi) is 6.73. The second kappa shape index (κ2) is 9.54. The van der Waals surface area contributed by atoms with Gasteiger partial charge in [0.2, 0.25) is 10.0 Å². The van der Waals surface area contributed by atoms with Crippen LogP contribution in [0, 0.1) is 5.82 Å². The first-order chi connectivity index (χ1) is 15.8. The van der Waals surface area contributed by atoms with E-state index in [2.05, 4.69) is 10.3 Å². The molecule has 1 atom stereocenters. The molecule has 2 fully saturated rings. The lowest BCUT2D eigenvalue weighted by Gasteiger charge is -2.32. The van der Waals surface area contributed by atoms with Crippen LogP contribution in [0.2, 0.25) is 0 Å². The molecule has 1 saturated heterocycles. The molecule has 2 aromatic rings. The predicted octanol–water partition coefficient (Wildman–Crippen LogP) is 1.08. The highest BCUT2D eigenvalue weighted by atomic mass is 32.2. The summed E-state index contributed by atoms with van der Waals surface area (Å²) in [6, 6.07) is 7.35. The zero-order chi connectivity index (χ0) is 23.6. The number of benzene rings is 1. The summed E-state index contributed by atoms with van der Waals surface area (Å²) in [6.07, 6.45) is 4.43. The highest BCUT2D eigenvalue weighted by molar-refractivity contribution is 7.89. The molecule has 3 N–H and O–H groups in total. The number of carbonyl (C=O) groups is 2. The van der Waals surface area contributed by atoms with E-state index in [1.807, 2.05) is 0 Å². The lowest BCUT2D eigenvalue weighted by molar-refractivity contribution is -0.128. The smallest absolute Gasteiger partial charge is 0.259 e. The zero-order valence-corrected chi connectivity index (χ0v) is 18.7. The first-order valence-corrected chi connectivity index (χ1v) is 12.3. The summed E-state index contributed by atoms with van der Waals surface area (Å²) in [7, 11) is -4.17. The van der Waals surface area contributed by atoms with E-state index in [0.717, 1.165) is 41.4 Å². The Bertz CT molecular complexity index is 1110. The highest BCUT2D eigenvalue weighted by Gasteiger charge is 2.47. The molecule has 0 radical (unpaired) electrons. The van der Waals surface area contributed by atoms with Crippen LogP contribution in [0.5, 0.6) is 0 Å². The molecular weight excluding hydrogens is 449 g/mol. The van der Waals surface area contributed by atoms with Crippen molar-refractivity contribution in [3.8, 4) is 0 Å². The summed E-state index contributed by atoms with van der Waals surface area (Å²) in [5.74, 6) is -1.62. The lowest BCUT2D eigenvalue weighted by Crippen LogP contribution is -2.56. The van der Waals surface area contributed by atoms with Gasteiger partial charge in [-0.1, -0.05) is 0 Å². The molecule has 1 unspecified atom stereocenters. The molecule has 0 spiro atoms. The third kappa shape index (κ3) is 4.90. The van der Waals surface area contributed by atoms with E-state index in [1.54, 1.807) is 0 Å². The standard InChI is InChI=1S/C22H26FN5O4S/c23-16-1-7-19(8-2-16)33(31,32)28-14-13-27(22(30)15-9-11-25-12-10-15)21(28)20(29)26-18-5-3-17(24)4-6-18/h1-2,7-12,17-18,21H,3-6,13-14,24H2,(H,26,29). The Morgan fingerprint density at radius 3 is 2.27 bits per heavy atom. The first-order valence-electron chi connectivity index (χ1n) is 10.8. The Balaban J connectivity index is 1.64. The van der Waals surface area contributed by atoms with Gasteiger partial charge in [-0.05, 0) is 62.1 Å². The van der Waals surface area contributed by atoms with Gasteiger partial charge in [0.25, 0.3) is 11.8 Å². The van der Waals surface area contributed by atoms with Crippen molar-refractivity contribution in [2.24, 2.45) is 5.73 Å². The van der Waals surface area contributed by atoms with Crippen molar-refractivity contribution in [3.05, 3.63) is 60.2 Å². The van der Waals surface area contributed by atoms with Crippen LogP contribution in [0.1, 0.15) is 36.0 Å². The van der Waals surface area contributed by atoms with Gasteiger partial charge in [0.15, 0.2) is 6.17 Å². The fourth-order valence-electron chi connectivity index (χ4n) is 4.28. The van der Waals surface area contributed by atoms with Gasteiger partial charge in [0.1, 0.15) is 5.82 Å². The van der Waals surface area contributed by atoms with E-state index in [4.69, 9.17) is 5.73 Å². The summed E-state index contributed by atoms with van der Waals surface area (Å²) in [4.78, 5) is 31.5. The molecule has 2 aliphatic rings. The molecule has 9 nitrogen and oxygen atoms in total. The average Bonchev–Trinajstić information content (AvgIpc) is 3.27. The molecule has 1 aliphatic carbocycles. The summed E-state index contributed by atoms with van der Waals surface area (Å²) in [5.41, 5.74) is 6.24. The van der Waals surface area contributed by atoms with Crippen LogP contribution in [0.15, 0.2) is 53.7 Å². The summed E-state index contributed by atoms with van der Waals surface area (Å²) >= 11 is 0. The second-order valence-electron chi connectivity index (χ2n) is 8.30. The van der Waals surface area contributed by atoms with Crippen LogP contribution in [0.3, 0.4) is 0 Å². The number of sulfonamides is 1. The predicted molar refractivity (Wildman–Crippen MR) is 118 cm³/mol. The number of nitrogens with two attached hydrogens (primary N) is 1. The Hall–Kier alpha value is -2.89. The number of rotatable bonds is 5. The van der Waals surface area contributed by atoms with E-state index in [0.29, 0.717) is 18.4 Å². The molecule has 33 heavy (non-hydrogen) atoms. The number of aromatic nitrogens is 1. The van der Waals surface area contributed by atoms with Crippen molar-refractivity contribution in [1.29, 1.82) is 0 Å². The summed E-state index contributed by atoms with van der Waals surface area (Å²) in [6.45, 7) is -0.0284. The molecule has 176 valence electrons. The van der Waals surface area contributed by atoms with Crippen LogP contribution >= 0.6 is 0 Å². The molecule has 2 heterocycles. The van der Waals surface area contributed by atoms with Crippen molar-refractivity contribution in [2.45, 2.75) is 48.8 Å². The van der Waals surface area contributed by atoms with Gasteiger partial charge in [0, 0.05) is 43.1 Å². The number of nitrogens with one attached hydrogen (secondary N) is 1. The maximum atomic E-state index is 13.4. The average molecular weight is 476 g/mol. The monoisotopic (exact) mass is 475 g/mol. The molecule has 1 aliphatic heterocycles. The number of pyridine rings is 1. The Morgan fingerprint density at radius 1 is 1.00 bits per heavy atom. The number of hydrogen-bond donors (Lipinski definition) is 2. The highest BCUT2D eigenvalue weighted by Crippen LogP contribution is 2.27. The van der Waals surface area contributed by atoms with Gasteiger partial charge in [-0.3, -0.25) is 14.6 Å². The Morgan fingerprint density at radius 2 is 1.64 bits per heavy atom. The molecular formula is C22H26FN5O4S. The maximum Gasteiger partial charge on any atom is 0.259 e. The van der Waals surface area contributed by atoms with Crippen LogP contribution in [0.25, 0.3) is 0 Å². The zero-order valence-electron chi connectivity index (χ0n) is 17.9. The van der Waals surface area contributed by atoms with Gasteiger partial charge in [-0.25, -0.2) is 12.8 Å². The molecule has 0 bridgehead atoms. The lowest BCUT2D eigenvalue weighted by atomic mass is 9.92. The molecule has 4 rings (SSSR count). The fraction of sp³-hybridized carbons (Fsp3) is 0.409. The van der Waals surface area contributed by atoms with Crippen LogP contribution in [-0.4, -0.2) is 65.8 Å². The number of amides is 2. The van der Waals surface area contributed by atoms with Gasteiger partial charge in [0.05, 0.1) is 4.90 Å². The van der Waals surface area contributed by atoms with Gasteiger partial charge in [-0.2, -0.15) is 4.31 Å². The number of hydrogen-bond acceptors (Lipinski definition) is 6. The first kappa shape index (κ1) is 23.3. The number of nitrogens with zero attached hydrogens (tertiary/aromatic N) is 3. The van der Waals surface area contributed by atoms with Crippen molar-refractivity contribution >= 4 is 21.8 Å². The maximum absolute atomic E-state index is 13.4. The van der Waals surface area contributed by atoms with Crippen LogP contribution in [-0.2, 0) is 14.8 Å². The summed E-state index contributed by atoms with van der Waals surface area (Å²) < 4.78 is 41.1. The van der Waals surface area contributed by atoms with Gasteiger partial charge >= 0.3 is 0 Å². The van der Waals surface area contributed by atoms with E-state index in [9.17, 15) is 22.4 Å². The minimum atomic E-state index is -4.17. The van der Waals surface area contributed by atoms with Gasteiger partial charge in [-0.15, -0.1) is 0 Å². The van der Waals surface area contributed by atoms with Crippen LogP contribution < -0.4 is 11.1 Å². The Labute approximate surface area is 191 Å². The van der Waals surface area contributed by atoms with Crippen molar-refractivity contribution < 1.29 is 22.4 Å². The minimum Gasteiger partial charge on any atom is -0.350 e.